The first-order chi connectivity index (χ1) is 21.8. The lowest BCUT2D eigenvalue weighted by Crippen LogP contribution is -2.65. The molecule has 0 unspecified atom stereocenters. The molecule has 5 aliphatic rings. The van der Waals surface area contributed by atoms with Crippen molar-refractivity contribution in [3.8, 4) is 0 Å². The molecule has 46 heavy (non-hydrogen) atoms. The molecule has 0 amide bonds. The Morgan fingerprint density at radius 3 is 2.59 bits per heavy atom. The molecular weight excluding hydrogens is 568 g/mol. The van der Waals surface area contributed by atoms with Crippen LogP contribution < -0.4 is 0 Å². The fourth-order valence-corrected chi connectivity index (χ4v) is 13.1. The molecule has 3 fully saturated rings. The molecule has 8 rings (SSSR count). The molecule has 6 heteroatoms. The van der Waals surface area contributed by atoms with Crippen molar-refractivity contribution in [2.75, 3.05) is 0 Å². The van der Waals surface area contributed by atoms with Crippen LogP contribution in [0.4, 0.5) is 0 Å². The molecule has 6 nitrogen and oxygen atoms in total. The van der Waals surface area contributed by atoms with E-state index >= 15 is 0 Å². The van der Waals surface area contributed by atoms with E-state index in [0.717, 1.165) is 51.5 Å². The number of aromatic amines is 1. The number of hydrogen-bond donors (Lipinski definition) is 2. The number of aromatic nitrogens is 4. The van der Waals surface area contributed by atoms with E-state index in [9.17, 15) is 9.90 Å². The zero-order valence-electron chi connectivity index (χ0n) is 29.1. The third-order valence-corrected chi connectivity index (χ3v) is 15.8. The Hall–Kier alpha value is -2.89. The molecule has 9 atom stereocenters. The van der Waals surface area contributed by atoms with Crippen LogP contribution >= 0.6 is 0 Å². The van der Waals surface area contributed by atoms with Crippen molar-refractivity contribution >= 4 is 16.9 Å². The van der Waals surface area contributed by atoms with Crippen LogP contribution in [0, 0.1) is 51.2 Å². The predicted molar refractivity (Wildman–Crippen MR) is 182 cm³/mol. The summed E-state index contributed by atoms with van der Waals surface area (Å²) in [6.07, 6.45) is 13.8. The number of nitrogens with zero attached hydrogens (tertiary/aromatic N) is 3. The molecule has 2 N–H and O–H groups in total. The smallest absolute Gasteiger partial charge is 0.310 e. The summed E-state index contributed by atoms with van der Waals surface area (Å²) in [6, 6.07) is 8.56. The van der Waals surface area contributed by atoms with E-state index in [2.05, 4.69) is 94.7 Å². The molecule has 0 radical (unpaired) electrons. The molecular formula is C40H54N4O2. The number of aliphatic carboxylic acids is 1. The third-order valence-electron chi connectivity index (χ3n) is 15.8. The highest BCUT2D eigenvalue weighted by Gasteiger charge is 2.69. The number of carboxylic acids is 1. The van der Waals surface area contributed by atoms with Crippen molar-refractivity contribution in [2.45, 2.75) is 118 Å². The highest BCUT2D eigenvalue weighted by Crippen LogP contribution is 2.75. The summed E-state index contributed by atoms with van der Waals surface area (Å²) >= 11 is 0. The topological polar surface area (TPSA) is 83.8 Å². The summed E-state index contributed by atoms with van der Waals surface area (Å²) in [4.78, 5) is 16.5. The highest BCUT2D eigenvalue weighted by molar-refractivity contribution is 5.83. The van der Waals surface area contributed by atoms with Crippen LogP contribution in [0.25, 0.3) is 10.9 Å². The summed E-state index contributed by atoms with van der Waals surface area (Å²) in [5, 5.41) is 21.8. The van der Waals surface area contributed by atoms with Gasteiger partial charge in [0.1, 0.15) is 0 Å². The maximum Gasteiger partial charge on any atom is 0.310 e. The van der Waals surface area contributed by atoms with E-state index < -0.39 is 11.4 Å². The van der Waals surface area contributed by atoms with Gasteiger partial charge in [0, 0.05) is 29.1 Å². The first-order valence-electron chi connectivity index (χ1n) is 18.2. The van der Waals surface area contributed by atoms with E-state index in [-0.39, 0.29) is 27.6 Å². The SMILES string of the molecule is C[C@H]1[C@H](C)CC[C@]2(C(=O)O)CC[C@]3(C)C(=CC[C@@H]4[C@@]5(C)Cc6nnn(CCc7c[nH]c8ccccc78)c6C(C)(C)[C@@H]5CC[C@]43C)[C@H]12. The lowest BCUT2D eigenvalue weighted by atomic mass is 9.33. The van der Waals surface area contributed by atoms with Crippen LogP contribution in [0.2, 0.25) is 0 Å². The largest absolute Gasteiger partial charge is 0.481 e. The number of hydrogen-bond acceptors (Lipinski definition) is 3. The monoisotopic (exact) mass is 622 g/mol. The summed E-state index contributed by atoms with van der Waals surface area (Å²) < 4.78 is 2.24. The zero-order chi connectivity index (χ0) is 32.4. The fraction of sp³-hybridized carbons (Fsp3) is 0.675. The van der Waals surface area contributed by atoms with Crippen LogP contribution in [-0.2, 0) is 29.6 Å². The van der Waals surface area contributed by atoms with Crippen LogP contribution in [0.3, 0.4) is 0 Å². The first-order valence-corrected chi connectivity index (χ1v) is 18.2. The summed E-state index contributed by atoms with van der Waals surface area (Å²) in [7, 11) is 0. The minimum Gasteiger partial charge on any atom is -0.481 e. The van der Waals surface area contributed by atoms with E-state index in [1.54, 1.807) is 0 Å². The zero-order valence-corrected chi connectivity index (χ0v) is 29.1. The number of H-pyrrole nitrogens is 1. The number of allylic oxidation sites excluding steroid dienone is 2. The van der Waals surface area contributed by atoms with Crippen molar-refractivity contribution in [3.05, 3.63) is 59.1 Å². The second kappa shape index (κ2) is 9.82. The minimum atomic E-state index is -0.589. The number of para-hydroxylation sites is 1. The van der Waals surface area contributed by atoms with Gasteiger partial charge in [-0.1, -0.05) is 83.5 Å². The average molecular weight is 623 g/mol. The maximum absolute atomic E-state index is 13.1. The number of nitrogens with one attached hydrogen (secondary N) is 1. The Labute approximate surface area is 274 Å². The first kappa shape index (κ1) is 30.4. The Morgan fingerprint density at radius 1 is 1.02 bits per heavy atom. The number of rotatable bonds is 4. The van der Waals surface area contributed by atoms with Gasteiger partial charge < -0.3 is 10.1 Å². The maximum atomic E-state index is 13.1. The second-order valence-electron chi connectivity index (χ2n) is 17.7. The van der Waals surface area contributed by atoms with Crippen LogP contribution in [0.1, 0.15) is 110 Å². The predicted octanol–water partition coefficient (Wildman–Crippen LogP) is 8.76. The van der Waals surface area contributed by atoms with Gasteiger partial charge in [0.15, 0.2) is 0 Å². The van der Waals surface area contributed by atoms with Gasteiger partial charge in [-0.15, -0.1) is 5.10 Å². The van der Waals surface area contributed by atoms with Gasteiger partial charge in [-0.2, -0.15) is 0 Å². The highest BCUT2D eigenvalue weighted by atomic mass is 16.4. The van der Waals surface area contributed by atoms with Crippen LogP contribution in [-0.4, -0.2) is 31.1 Å². The van der Waals surface area contributed by atoms with Gasteiger partial charge in [-0.3, -0.25) is 4.79 Å². The van der Waals surface area contributed by atoms with Gasteiger partial charge in [0.2, 0.25) is 0 Å². The van der Waals surface area contributed by atoms with Crippen LogP contribution in [0.5, 0.6) is 0 Å². The van der Waals surface area contributed by atoms with Gasteiger partial charge >= 0.3 is 5.97 Å². The number of benzene rings is 1. The molecule has 2 heterocycles. The molecule has 0 spiro atoms. The molecule has 1 aromatic carbocycles. The number of carbonyl (C=O) groups is 1. The summed E-state index contributed by atoms with van der Waals surface area (Å²) in [6.45, 7) is 18.3. The molecule has 0 aliphatic heterocycles. The van der Waals surface area contributed by atoms with Gasteiger partial charge in [-0.05, 0) is 115 Å². The van der Waals surface area contributed by atoms with Crippen molar-refractivity contribution in [2.24, 2.45) is 51.2 Å². The summed E-state index contributed by atoms with van der Waals surface area (Å²) in [5.41, 5.74) is 6.25. The number of carboxylic acid groups (broad SMARTS) is 1. The molecule has 3 aromatic rings. The molecule has 2 aromatic heterocycles. The minimum absolute atomic E-state index is 0.0280. The Balaban J connectivity index is 1.14. The lowest BCUT2D eigenvalue weighted by Gasteiger charge is -2.70. The average Bonchev–Trinajstić information content (AvgIpc) is 3.62. The third kappa shape index (κ3) is 3.73. The van der Waals surface area contributed by atoms with E-state index in [1.165, 1.54) is 46.3 Å². The Kier molecular flexibility index (Phi) is 6.50. The Morgan fingerprint density at radius 2 is 1.80 bits per heavy atom. The molecule has 0 saturated heterocycles. The van der Waals surface area contributed by atoms with Crippen molar-refractivity contribution in [1.82, 2.24) is 20.0 Å². The standard InChI is InChI=1S/C40H54N4O2/c1-24-14-18-40(35(45)46)20-19-38(6)28(33(40)25(24)2)12-13-32-37(5)22-30-34(36(3,4)31(37)15-17-39(32,38)7)44(43-42-30)21-16-26-23-41-29-11-9-8-10-27(26)29/h8-12,23-25,31-33,41H,13-22H2,1-7H3,(H,45,46)/t24-,25+,31+,32-,33+,37+,38-,39-,40+/m1/s1. The van der Waals surface area contributed by atoms with Gasteiger partial charge in [-0.25, -0.2) is 4.68 Å². The van der Waals surface area contributed by atoms with E-state index in [1.807, 2.05) is 0 Å². The molecule has 0 bridgehead atoms. The molecule has 5 aliphatic carbocycles. The second-order valence-corrected chi connectivity index (χ2v) is 17.7. The number of aryl methyl sites for hydroxylation is 2. The van der Waals surface area contributed by atoms with Gasteiger partial charge in [0.25, 0.3) is 0 Å². The van der Waals surface area contributed by atoms with E-state index in [4.69, 9.17) is 10.3 Å². The number of fused-ring (bicyclic) bond motifs is 9. The van der Waals surface area contributed by atoms with Crippen molar-refractivity contribution < 1.29 is 9.90 Å². The normalized spacial score (nSPS) is 41.0. The summed E-state index contributed by atoms with van der Waals surface area (Å²) in [5.74, 6) is 1.65. The van der Waals surface area contributed by atoms with Gasteiger partial charge in [0.05, 0.1) is 16.8 Å². The quantitative estimate of drug-likeness (QED) is 0.285. The fourth-order valence-electron chi connectivity index (χ4n) is 13.1. The van der Waals surface area contributed by atoms with Crippen molar-refractivity contribution in [3.63, 3.8) is 0 Å². The van der Waals surface area contributed by atoms with Crippen LogP contribution in [0.15, 0.2) is 42.1 Å². The molecule has 246 valence electrons. The van der Waals surface area contributed by atoms with Crippen molar-refractivity contribution in [1.29, 1.82) is 0 Å². The molecule has 3 saturated carbocycles. The Bertz CT molecular complexity index is 1750. The lowest BCUT2D eigenvalue weighted by molar-refractivity contribution is -0.179. The van der Waals surface area contributed by atoms with E-state index in [0.29, 0.717) is 23.7 Å².